The summed E-state index contributed by atoms with van der Waals surface area (Å²) in [6, 6.07) is 5.65. The van der Waals surface area contributed by atoms with Crippen LogP contribution in [-0.2, 0) is 0 Å². The zero-order valence-corrected chi connectivity index (χ0v) is 11.4. The number of aryl methyl sites for hydroxylation is 1. The van der Waals surface area contributed by atoms with E-state index in [1.807, 2.05) is 25.1 Å². The molecule has 0 aliphatic rings. The lowest BCUT2D eigenvalue weighted by atomic mass is 10.1. The van der Waals surface area contributed by atoms with Crippen molar-refractivity contribution >= 4 is 21.8 Å². The quantitative estimate of drug-likeness (QED) is 0.821. The number of rotatable bonds is 5. The van der Waals surface area contributed by atoms with E-state index in [9.17, 15) is 4.79 Å². The van der Waals surface area contributed by atoms with E-state index < -0.39 is 0 Å². The fourth-order valence-corrected chi connectivity index (χ4v) is 1.71. The van der Waals surface area contributed by atoms with Crippen LogP contribution >= 0.6 is 15.9 Å². The Hall–Kier alpha value is -0.830. The van der Waals surface area contributed by atoms with E-state index in [1.54, 1.807) is 0 Å². The summed E-state index contributed by atoms with van der Waals surface area (Å²) in [5.41, 5.74) is 1.82. The molecule has 0 saturated carbocycles. The summed E-state index contributed by atoms with van der Waals surface area (Å²) in [5.74, 6) is 0.0201. The van der Waals surface area contributed by atoms with Gasteiger partial charge in [-0.15, -0.1) is 0 Å². The molecule has 1 aromatic carbocycles. The predicted molar refractivity (Wildman–Crippen MR) is 70.7 cm³/mol. The number of carbonyl (C=O) groups is 1. The van der Waals surface area contributed by atoms with Gasteiger partial charge >= 0.3 is 0 Å². The topological polar surface area (TPSA) is 29.1 Å². The Labute approximate surface area is 106 Å². The Balaban J connectivity index is 2.50. The third kappa shape index (κ3) is 3.97. The highest BCUT2D eigenvalue weighted by Gasteiger charge is 2.05. The van der Waals surface area contributed by atoms with E-state index >= 15 is 0 Å². The van der Waals surface area contributed by atoms with E-state index in [0.717, 1.165) is 28.6 Å². The third-order valence-electron chi connectivity index (χ3n) is 2.49. The van der Waals surface area contributed by atoms with Crippen molar-refractivity contribution in [1.82, 2.24) is 5.32 Å². The molecule has 0 saturated heterocycles. The van der Waals surface area contributed by atoms with E-state index in [4.69, 9.17) is 0 Å². The molecule has 0 aliphatic heterocycles. The first-order valence-electron chi connectivity index (χ1n) is 5.69. The minimum atomic E-state index is 0.0201. The highest BCUT2D eigenvalue weighted by Crippen LogP contribution is 2.16. The van der Waals surface area contributed by atoms with Gasteiger partial charge in [0.25, 0.3) is 5.91 Å². The normalized spacial score (nSPS) is 10.2. The van der Waals surface area contributed by atoms with Crippen LogP contribution in [0.5, 0.6) is 0 Å². The summed E-state index contributed by atoms with van der Waals surface area (Å²) in [7, 11) is 0. The Morgan fingerprint density at radius 1 is 1.38 bits per heavy atom. The van der Waals surface area contributed by atoms with Gasteiger partial charge in [0.05, 0.1) is 0 Å². The molecule has 0 spiro atoms. The molecule has 0 radical (unpaired) electrons. The molecule has 0 aromatic heterocycles. The maximum absolute atomic E-state index is 11.7. The molecule has 88 valence electrons. The highest BCUT2D eigenvalue weighted by molar-refractivity contribution is 9.10. The van der Waals surface area contributed by atoms with Crippen LogP contribution in [0, 0.1) is 6.92 Å². The first kappa shape index (κ1) is 13.2. The molecule has 0 aliphatic carbocycles. The number of amides is 1. The second-order valence-electron chi connectivity index (χ2n) is 3.93. The second kappa shape index (κ2) is 6.69. The average molecular weight is 284 g/mol. The van der Waals surface area contributed by atoms with Gasteiger partial charge in [-0.05, 0) is 37.1 Å². The van der Waals surface area contributed by atoms with E-state index in [0.29, 0.717) is 0 Å². The van der Waals surface area contributed by atoms with Crippen molar-refractivity contribution in [3.05, 3.63) is 33.8 Å². The number of carbonyl (C=O) groups excluding carboxylic acids is 1. The smallest absolute Gasteiger partial charge is 0.251 e. The number of benzene rings is 1. The summed E-state index contributed by atoms with van der Waals surface area (Å²) < 4.78 is 1.04. The van der Waals surface area contributed by atoms with Gasteiger partial charge < -0.3 is 5.32 Å². The molecule has 3 heteroatoms. The van der Waals surface area contributed by atoms with Crippen LogP contribution < -0.4 is 5.32 Å². The summed E-state index contributed by atoms with van der Waals surface area (Å²) in [5, 5.41) is 2.93. The highest BCUT2D eigenvalue weighted by atomic mass is 79.9. The van der Waals surface area contributed by atoms with Gasteiger partial charge in [0.2, 0.25) is 0 Å². The molecule has 2 nitrogen and oxygen atoms in total. The maximum atomic E-state index is 11.7. The Kier molecular flexibility index (Phi) is 5.53. The van der Waals surface area contributed by atoms with E-state index in [1.165, 1.54) is 12.8 Å². The molecule has 16 heavy (non-hydrogen) atoms. The van der Waals surface area contributed by atoms with E-state index in [-0.39, 0.29) is 5.91 Å². The lowest BCUT2D eigenvalue weighted by molar-refractivity contribution is 0.0953. The minimum Gasteiger partial charge on any atom is -0.352 e. The average Bonchev–Trinajstić information content (AvgIpc) is 2.28. The zero-order valence-electron chi connectivity index (χ0n) is 9.85. The number of hydrogen-bond donors (Lipinski definition) is 1. The fourth-order valence-electron chi connectivity index (χ4n) is 1.46. The first-order valence-corrected chi connectivity index (χ1v) is 6.48. The molecule has 0 bridgehead atoms. The van der Waals surface area contributed by atoms with Crippen LogP contribution in [0.15, 0.2) is 22.7 Å². The van der Waals surface area contributed by atoms with Crippen molar-refractivity contribution in [2.45, 2.75) is 33.1 Å². The van der Waals surface area contributed by atoms with Crippen LogP contribution in [0.1, 0.15) is 42.1 Å². The van der Waals surface area contributed by atoms with Crippen LogP contribution in [0.2, 0.25) is 0 Å². The number of hydrogen-bond acceptors (Lipinski definition) is 1. The molecule has 1 N–H and O–H groups in total. The van der Waals surface area contributed by atoms with Crippen molar-refractivity contribution in [2.24, 2.45) is 0 Å². The molecule has 1 aromatic rings. The van der Waals surface area contributed by atoms with Gasteiger partial charge in [0.15, 0.2) is 0 Å². The largest absolute Gasteiger partial charge is 0.352 e. The zero-order chi connectivity index (χ0) is 12.0. The SMILES string of the molecule is CCCCCNC(=O)c1ccc(Br)c(C)c1. The molecule has 0 heterocycles. The second-order valence-corrected chi connectivity index (χ2v) is 4.78. The first-order chi connectivity index (χ1) is 7.65. The van der Waals surface area contributed by atoms with Gasteiger partial charge in [-0.3, -0.25) is 4.79 Å². The Bertz CT molecular complexity index is 363. The summed E-state index contributed by atoms with van der Waals surface area (Å²) in [6.07, 6.45) is 3.39. The lowest BCUT2D eigenvalue weighted by Gasteiger charge is -2.06. The van der Waals surface area contributed by atoms with Gasteiger partial charge in [-0.1, -0.05) is 35.7 Å². The molecule has 1 rings (SSSR count). The Morgan fingerprint density at radius 3 is 2.75 bits per heavy atom. The van der Waals surface area contributed by atoms with Crippen molar-refractivity contribution in [3.63, 3.8) is 0 Å². The van der Waals surface area contributed by atoms with Crippen molar-refractivity contribution in [2.75, 3.05) is 6.54 Å². The van der Waals surface area contributed by atoms with Crippen molar-refractivity contribution in [3.8, 4) is 0 Å². The molecule has 1 amide bonds. The van der Waals surface area contributed by atoms with Gasteiger partial charge in [-0.2, -0.15) is 0 Å². The summed E-state index contributed by atoms with van der Waals surface area (Å²) in [6.45, 7) is 4.90. The monoisotopic (exact) mass is 283 g/mol. The molecule has 0 fully saturated rings. The van der Waals surface area contributed by atoms with Crippen molar-refractivity contribution < 1.29 is 4.79 Å². The van der Waals surface area contributed by atoms with E-state index in [2.05, 4.69) is 28.2 Å². The van der Waals surface area contributed by atoms with Crippen LogP contribution in [0.3, 0.4) is 0 Å². The standard InChI is InChI=1S/C13H18BrNO/c1-3-4-5-8-15-13(16)11-6-7-12(14)10(2)9-11/h6-7,9H,3-5,8H2,1-2H3,(H,15,16). The van der Waals surface area contributed by atoms with Gasteiger partial charge in [0, 0.05) is 16.6 Å². The number of nitrogens with one attached hydrogen (secondary N) is 1. The summed E-state index contributed by atoms with van der Waals surface area (Å²) >= 11 is 3.42. The van der Waals surface area contributed by atoms with Gasteiger partial charge in [-0.25, -0.2) is 0 Å². The van der Waals surface area contributed by atoms with Crippen molar-refractivity contribution in [1.29, 1.82) is 0 Å². The lowest BCUT2D eigenvalue weighted by Crippen LogP contribution is -2.24. The number of unbranched alkanes of at least 4 members (excludes halogenated alkanes) is 2. The van der Waals surface area contributed by atoms with Crippen LogP contribution in [0.25, 0.3) is 0 Å². The fraction of sp³-hybridized carbons (Fsp3) is 0.462. The molecular formula is C13H18BrNO. The third-order valence-corrected chi connectivity index (χ3v) is 3.38. The molecule has 0 unspecified atom stereocenters. The minimum absolute atomic E-state index is 0.0201. The van der Waals surface area contributed by atoms with Crippen LogP contribution in [0.4, 0.5) is 0 Å². The maximum Gasteiger partial charge on any atom is 0.251 e. The summed E-state index contributed by atoms with van der Waals surface area (Å²) in [4.78, 5) is 11.7. The van der Waals surface area contributed by atoms with Crippen LogP contribution in [-0.4, -0.2) is 12.5 Å². The molecular weight excluding hydrogens is 266 g/mol. The number of halogens is 1. The Morgan fingerprint density at radius 2 is 2.12 bits per heavy atom. The van der Waals surface area contributed by atoms with Gasteiger partial charge in [0.1, 0.15) is 0 Å². The molecule has 0 atom stereocenters. The predicted octanol–water partition coefficient (Wildman–Crippen LogP) is 3.68.